The molecule has 2 rings (SSSR count). The van der Waals surface area contributed by atoms with Crippen molar-refractivity contribution in [3.63, 3.8) is 0 Å². The predicted molar refractivity (Wildman–Crippen MR) is 60.4 cm³/mol. The second-order valence-corrected chi connectivity index (χ2v) is 3.36. The highest BCUT2D eigenvalue weighted by Crippen LogP contribution is 2.18. The predicted octanol–water partition coefficient (Wildman–Crippen LogP) is 2.84. The van der Waals surface area contributed by atoms with Crippen LogP contribution in [0.4, 0.5) is 11.4 Å². The maximum absolute atomic E-state index is 9.13. The van der Waals surface area contributed by atoms with E-state index in [1.165, 1.54) is 0 Å². The number of hydrogen-bond acceptors (Lipinski definition) is 3. The monoisotopic (exact) mass is 200 g/mol. The summed E-state index contributed by atoms with van der Waals surface area (Å²) in [5.74, 6) is 0.270. The van der Waals surface area contributed by atoms with Gasteiger partial charge in [-0.3, -0.25) is 4.98 Å². The van der Waals surface area contributed by atoms with Crippen molar-refractivity contribution in [1.82, 2.24) is 4.98 Å². The molecular formula is C12H12N2O. The third-order valence-corrected chi connectivity index (χ3v) is 2.05. The number of nitrogens with zero attached hydrogens (tertiary/aromatic N) is 1. The molecule has 0 unspecified atom stereocenters. The Balaban J connectivity index is 2.18. The van der Waals surface area contributed by atoms with Crippen LogP contribution < -0.4 is 5.32 Å². The lowest BCUT2D eigenvalue weighted by atomic mass is 10.2. The zero-order valence-corrected chi connectivity index (χ0v) is 8.44. The number of phenols is 1. The maximum Gasteiger partial charge on any atom is 0.115 e. The Labute approximate surface area is 88.4 Å². The fourth-order valence-electron chi connectivity index (χ4n) is 1.33. The lowest BCUT2D eigenvalue weighted by Crippen LogP contribution is -1.91. The van der Waals surface area contributed by atoms with Crippen molar-refractivity contribution in [3.8, 4) is 5.75 Å². The SMILES string of the molecule is Cc1cc(Nc2ccc(O)cc2)ccn1. The van der Waals surface area contributed by atoms with Crippen LogP contribution >= 0.6 is 0 Å². The second kappa shape index (κ2) is 4.00. The number of aromatic nitrogens is 1. The van der Waals surface area contributed by atoms with Crippen LogP contribution in [-0.2, 0) is 0 Å². The molecule has 0 aliphatic heterocycles. The van der Waals surface area contributed by atoms with E-state index < -0.39 is 0 Å². The number of rotatable bonds is 2. The minimum absolute atomic E-state index is 0.270. The van der Waals surface area contributed by atoms with E-state index in [-0.39, 0.29) is 5.75 Å². The number of benzene rings is 1. The molecule has 0 radical (unpaired) electrons. The second-order valence-electron chi connectivity index (χ2n) is 3.36. The third kappa shape index (κ3) is 2.47. The Morgan fingerprint density at radius 3 is 2.47 bits per heavy atom. The van der Waals surface area contributed by atoms with Crippen molar-refractivity contribution in [1.29, 1.82) is 0 Å². The molecule has 0 fully saturated rings. The van der Waals surface area contributed by atoms with Crippen LogP contribution in [0.25, 0.3) is 0 Å². The Morgan fingerprint density at radius 1 is 1.07 bits per heavy atom. The molecule has 0 aliphatic rings. The van der Waals surface area contributed by atoms with E-state index in [9.17, 15) is 0 Å². The summed E-state index contributed by atoms with van der Waals surface area (Å²) < 4.78 is 0. The quantitative estimate of drug-likeness (QED) is 0.733. The Morgan fingerprint density at radius 2 is 1.80 bits per heavy atom. The van der Waals surface area contributed by atoms with Crippen LogP contribution in [0.2, 0.25) is 0 Å². The molecule has 2 N–H and O–H groups in total. The number of anilines is 2. The summed E-state index contributed by atoms with van der Waals surface area (Å²) in [6, 6.07) is 10.8. The van der Waals surface area contributed by atoms with Gasteiger partial charge < -0.3 is 10.4 Å². The molecule has 0 atom stereocenters. The van der Waals surface area contributed by atoms with Crippen LogP contribution in [0.3, 0.4) is 0 Å². The topological polar surface area (TPSA) is 45.1 Å². The molecule has 3 nitrogen and oxygen atoms in total. The van der Waals surface area contributed by atoms with Crippen molar-refractivity contribution in [2.75, 3.05) is 5.32 Å². The van der Waals surface area contributed by atoms with Crippen LogP contribution in [0, 0.1) is 6.92 Å². The van der Waals surface area contributed by atoms with Gasteiger partial charge in [-0.25, -0.2) is 0 Å². The number of phenolic OH excluding ortho intramolecular Hbond substituents is 1. The zero-order chi connectivity index (χ0) is 10.7. The average molecular weight is 200 g/mol. The Kier molecular flexibility index (Phi) is 2.54. The molecule has 0 amide bonds. The van der Waals surface area contributed by atoms with Crippen molar-refractivity contribution < 1.29 is 5.11 Å². The van der Waals surface area contributed by atoms with Gasteiger partial charge in [0.1, 0.15) is 5.75 Å². The summed E-state index contributed by atoms with van der Waals surface area (Å²) >= 11 is 0. The van der Waals surface area contributed by atoms with Gasteiger partial charge in [-0.1, -0.05) is 0 Å². The van der Waals surface area contributed by atoms with Gasteiger partial charge in [-0.05, 0) is 43.3 Å². The summed E-state index contributed by atoms with van der Waals surface area (Å²) in [5, 5.41) is 12.3. The number of pyridine rings is 1. The summed E-state index contributed by atoms with van der Waals surface area (Å²) in [7, 11) is 0. The van der Waals surface area contributed by atoms with E-state index in [4.69, 9.17) is 5.11 Å². The summed E-state index contributed by atoms with van der Waals surface area (Å²) in [6.07, 6.45) is 1.76. The van der Waals surface area contributed by atoms with Gasteiger partial charge in [0.2, 0.25) is 0 Å². The van der Waals surface area contributed by atoms with Crippen LogP contribution in [-0.4, -0.2) is 10.1 Å². The zero-order valence-electron chi connectivity index (χ0n) is 8.44. The molecular weight excluding hydrogens is 188 g/mol. The molecule has 0 bridgehead atoms. The number of aryl methyl sites for hydroxylation is 1. The molecule has 0 spiro atoms. The number of aromatic hydroxyl groups is 1. The first kappa shape index (κ1) is 9.52. The van der Waals surface area contributed by atoms with E-state index in [1.54, 1.807) is 18.3 Å². The van der Waals surface area contributed by atoms with Crippen molar-refractivity contribution in [2.24, 2.45) is 0 Å². The fourth-order valence-corrected chi connectivity index (χ4v) is 1.33. The van der Waals surface area contributed by atoms with Crippen LogP contribution in [0.1, 0.15) is 5.69 Å². The first-order valence-electron chi connectivity index (χ1n) is 4.73. The summed E-state index contributed by atoms with van der Waals surface area (Å²) in [6.45, 7) is 1.95. The van der Waals surface area contributed by atoms with Gasteiger partial charge in [-0.15, -0.1) is 0 Å². The van der Waals surface area contributed by atoms with Gasteiger partial charge in [0.25, 0.3) is 0 Å². The van der Waals surface area contributed by atoms with E-state index in [0.717, 1.165) is 17.1 Å². The molecule has 3 heteroatoms. The van der Waals surface area contributed by atoms with Gasteiger partial charge in [0.05, 0.1) is 0 Å². The van der Waals surface area contributed by atoms with Gasteiger partial charge in [0.15, 0.2) is 0 Å². The fraction of sp³-hybridized carbons (Fsp3) is 0.0833. The molecule has 0 saturated heterocycles. The van der Waals surface area contributed by atoms with Crippen molar-refractivity contribution in [2.45, 2.75) is 6.92 Å². The molecule has 76 valence electrons. The third-order valence-electron chi connectivity index (χ3n) is 2.05. The highest BCUT2D eigenvalue weighted by Gasteiger charge is 1.95. The van der Waals surface area contributed by atoms with Crippen LogP contribution in [0.5, 0.6) is 5.75 Å². The molecule has 15 heavy (non-hydrogen) atoms. The first-order chi connectivity index (χ1) is 7.24. The van der Waals surface area contributed by atoms with Gasteiger partial charge in [0, 0.05) is 23.3 Å². The highest BCUT2D eigenvalue weighted by molar-refractivity contribution is 5.60. The van der Waals surface area contributed by atoms with Crippen LogP contribution in [0.15, 0.2) is 42.6 Å². The molecule has 0 aliphatic carbocycles. The molecule has 1 heterocycles. The van der Waals surface area contributed by atoms with Gasteiger partial charge >= 0.3 is 0 Å². The molecule has 1 aromatic carbocycles. The average Bonchev–Trinajstić information content (AvgIpc) is 2.22. The lowest BCUT2D eigenvalue weighted by Gasteiger charge is -2.06. The first-order valence-corrected chi connectivity index (χ1v) is 4.73. The molecule has 0 saturated carbocycles. The van der Waals surface area contributed by atoms with Crippen molar-refractivity contribution >= 4 is 11.4 Å². The summed E-state index contributed by atoms with van der Waals surface area (Å²) in [5.41, 5.74) is 2.91. The lowest BCUT2D eigenvalue weighted by molar-refractivity contribution is 0.475. The maximum atomic E-state index is 9.13. The normalized spacial score (nSPS) is 9.93. The molecule has 2 aromatic rings. The van der Waals surface area contributed by atoms with E-state index in [1.807, 2.05) is 31.2 Å². The highest BCUT2D eigenvalue weighted by atomic mass is 16.3. The standard InChI is InChI=1S/C12H12N2O/c1-9-8-11(6-7-13-9)14-10-2-4-12(15)5-3-10/h2-8,15H,1H3,(H,13,14). The Hall–Kier alpha value is -2.03. The summed E-state index contributed by atoms with van der Waals surface area (Å²) in [4.78, 5) is 4.12. The Bertz CT molecular complexity index is 451. The molecule has 1 aromatic heterocycles. The smallest absolute Gasteiger partial charge is 0.115 e. The largest absolute Gasteiger partial charge is 0.508 e. The minimum Gasteiger partial charge on any atom is -0.508 e. The number of nitrogens with one attached hydrogen (secondary N) is 1. The van der Waals surface area contributed by atoms with Crippen molar-refractivity contribution in [3.05, 3.63) is 48.3 Å². The van der Waals surface area contributed by atoms with E-state index in [0.29, 0.717) is 0 Å². The van der Waals surface area contributed by atoms with E-state index >= 15 is 0 Å². The van der Waals surface area contributed by atoms with E-state index in [2.05, 4.69) is 10.3 Å². The van der Waals surface area contributed by atoms with Gasteiger partial charge in [-0.2, -0.15) is 0 Å². The number of hydrogen-bond donors (Lipinski definition) is 2. The minimum atomic E-state index is 0.270.